The number of hydrogen-bond donors (Lipinski definition) is 0. The van der Waals surface area contributed by atoms with Gasteiger partial charge >= 0.3 is 0 Å². The van der Waals surface area contributed by atoms with E-state index in [4.69, 9.17) is 19.4 Å². The Hall–Kier alpha value is -3.16. The molecule has 0 unspecified atom stereocenters. The molecular formula is C26H28N4O2S. The third kappa shape index (κ3) is 4.51. The minimum absolute atomic E-state index is 0.410. The van der Waals surface area contributed by atoms with E-state index < -0.39 is 0 Å². The minimum atomic E-state index is 0.410. The van der Waals surface area contributed by atoms with Crippen LogP contribution in [0, 0.1) is 0 Å². The predicted molar refractivity (Wildman–Crippen MR) is 136 cm³/mol. The summed E-state index contributed by atoms with van der Waals surface area (Å²) in [4.78, 5) is 15.7. The molecule has 4 aromatic rings. The lowest BCUT2D eigenvalue weighted by molar-refractivity contribution is 0.178. The number of methoxy groups -OCH3 is 2. The van der Waals surface area contributed by atoms with Gasteiger partial charge in [0.1, 0.15) is 23.0 Å². The fourth-order valence-corrected chi connectivity index (χ4v) is 5.36. The Bertz CT molecular complexity index is 1210. The molecule has 0 radical (unpaired) electrons. The van der Waals surface area contributed by atoms with Gasteiger partial charge in [0.2, 0.25) is 0 Å². The molecular weight excluding hydrogens is 432 g/mol. The van der Waals surface area contributed by atoms with Gasteiger partial charge in [-0.1, -0.05) is 30.3 Å². The van der Waals surface area contributed by atoms with Crippen molar-refractivity contribution in [2.45, 2.75) is 13.0 Å². The second-order valence-corrected chi connectivity index (χ2v) is 8.98. The lowest BCUT2D eigenvalue weighted by Gasteiger charge is -2.25. The Morgan fingerprint density at radius 3 is 2.39 bits per heavy atom. The van der Waals surface area contributed by atoms with Crippen LogP contribution < -0.4 is 14.5 Å². The van der Waals surface area contributed by atoms with E-state index in [0.29, 0.717) is 6.61 Å². The molecule has 0 aliphatic carbocycles. The summed E-state index contributed by atoms with van der Waals surface area (Å²) in [6, 6.07) is 18.9. The highest BCUT2D eigenvalue weighted by atomic mass is 32.1. The molecule has 2 aromatic heterocycles. The van der Waals surface area contributed by atoms with Gasteiger partial charge in [-0.25, -0.2) is 9.97 Å². The first-order valence-electron chi connectivity index (χ1n) is 11.2. The molecule has 1 saturated heterocycles. The normalized spacial score (nSPS) is 14.5. The number of benzene rings is 2. The van der Waals surface area contributed by atoms with Crippen LogP contribution in [0.3, 0.4) is 0 Å². The minimum Gasteiger partial charge on any atom is -0.497 e. The maximum Gasteiger partial charge on any atom is 0.158 e. The second kappa shape index (κ2) is 9.77. The zero-order valence-electron chi connectivity index (χ0n) is 19.0. The molecule has 7 heteroatoms. The SMILES string of the molecule is COCc1nc(N2CCCN(c3ccc(OC)cc3)CC2)c2c(-c3ccccc3)csc2n1. The van der Waals surface area contributed by atoms with Gasteiger partial charge in [0.15, 0.2) is 5.82 Å². The van der Waals surface area contributed by atoms with Crippen molar-refractivity contribution >= 4 is 33.1 Å². The second-order valence-electron chi connectivity index (χ2n) is 8.12. The fraction of sp³-hybridized carbons (Fsp3) is 0.308. The maximum absolute atomic E-state index is 5.37. The van der Waals surface area contributed by atoms with Crippen LogP contribution in [0.1, 0.15) is 12.2 Å². The number of hydrogen-bond acceptors (Lipinski definition) is 7. The quantitative estimate of drug-likeness (QED) is 0.393. The monoisotopic (exact) mass is 460 g/mol. The molecule has 1 aliphatic rings. The van der Waals surface area contributed by atoms with Crippen molar-refractivity contribution in [3.8, 4) is 16.9 Å². The van der Waals surface area contributed by atoms with Crippen LogP contribution in [-0.4, -0.2) is 50.4 Å². The standard InChI is InChI=1S/C26H28N4O2S/c1-31-17-23-27-25(24-22(18-33-26(24)28-23)19-7-4-3-5-8-19)30-14-6-13-29(15-16-30)20-9-11-21(32-2)12-10-20/h3-5,7-12,18H,6,13-17H2,1-2H3. The fourth-order valence-electron chi connectivity index (χ4n) is 4.40. The highest BCUT2D eigenvalue weighted by molar-refractivity contribution is 7.17. The molecule has 170 valence electrons. The smallest absolute Gasteiger partial charge is 0.158 e. The van der Waals surface area contributed by atoms with E-state index in [0.717, 1.165) is 60.2 Å². The van der Waals surface area contributed by atoms with E-state index in [9.17, 15) is 0 Å². The molecule has 0 N–H and O–H groups in total. The Morgan fingerprint density at radius 1 is 0.879 bits per heavy atom. The number of rotatable bonds is 6. The molecule has 1 fully saturated rings. The summed E-state index contributed by atoms with van der Waals surface area (Å²) < 4.78 is 10.7. The summed E-state index contributed by atoms with van der Waals surface area (Å²) in [7, 11) is 3.39. The van der Waals surface area contributed by atoms with Gasteiger partial charge in [-0.05, 0) is 36.2 Å². The maximum atomic E-state index is 5.37. The first-order chi connectivity index (χ1) is 16.3. The molecule has 0 saturated carbocycles. The summed E-state index contributed by atoms with van der Waals surface area (Å²) in [6.45, 7) is 4.20. The molecule has 1 aliphatic heterocycles. The van der Waals surface area contributed by atoms with Gasteiger partial charge in [-0.15, -0.1) is 11.3 Å². The molecule has 33 heavy (non-hydrogen) atoms. The Balaban J connectivity index is 1.49. The van der Waals surface area contributed by atoms with Crippen molar-refractivity contribution in [3.63, 3.8) is 0 Å². The van der Waals surface area contributed by atoms with Crippen LogP contribution in [0.15, 0.2) is 60.0 Å². The lowest BCUT2D eigenvalue weighted by atomic mass is 10.1. The first-order valence-corrected chi connectivity index (χ1v) is 12.1. The number of thiophene rings is 1. The van der Waals surface area contributed by atoms with Crippen molar-refractivity contribution < 1.29 is 9.47 Å². The average Bonchev–Trinajstić information content (AvgIpc) is 3.13. The zero-order chi connectivity index (χ0) is 22.6. The van der Waals surface area contributed by atoms with E-state index in [2.05, 4.69) is 57.6 Å². The summed E-state index contributed by atoms with van der Waals surface area (Å²) in [5.74, 6) is 2.64. The lowest BCUT2D eigenvalue weighted by Crippen LogP contribution is -2.31. The largest absolute Gasteiger partial charge is 0.497 e. The first kappa shape index (κ1) is 21.7. The molecule has 0 bridgehead atoms. The molecule has 0 amide bonds. The predicted octanol–water partition coefficient (Wildman–Crippen LogP) is 5.23. The van der Waals surface area contributed by atoms with Gasteiger partial charge in [0, 0.05) is 49.9 Å². The van der Waals surface area contributed by atoms with Crippen LogP contribution in [-0.2, 0) is 11.3 Å². The summed E-state index contributed by atoms with van der Waals surface area (Å²) in [5.41, 5.74) is 3.62. The van der Waals surface area contributed by atoms with Crippen LogP contribution in [0.25, 0.3) is 21.3 Å². The highest BCUT2D eigenvalue weighted by Crippen LogP contribution is 2.38. The van der Waals surface area contributed by atoms with E-state index in [1.807, 2.05) is 12.1 Å². The van der Waals surface area contributed by atoms with Gasteiger partial charge in [0.05, 0.1) is 12.5 Å². The third-order valence-electron chi connectivity index (χ3n) is 6.05. The third-order valence-corrected chi connectivity index (χ3v) is 6.92. The van der Waals surface area contributed by atoms with Gasteiger partial charge in [-0.3, -0.25) is 0 Å². The van der Waals surface area contributed by atoms with E-state index in [1.54, 1.807) is 25.6 Å². The van der Waals surface area contributed by atoms with E-state index in [1.165, 1.54) is 16.8 Å². The van der Waals surface area contributed by atoms with E-state index >= 15 is 0 Å². The van der Waals surface area contributed by atoms with E-state index in [-0.39, 0.29) is 0 Å². The van der Waals surface area contributed by atoms with Crippen molar-refractivity contribution in [2.24, 2.45) is 0 Å². The highest BCUT2D eigenvalue weighted by Gasteiger charge is 2.22. The number of aromatic nitrogens is 2. The van der Waals surface area contributed by atoms with Gasteiger partial charge in [-0.2, -0.15) is 0 Å². The summed E-state index contributed by atoms with van der Waals surface area (Å²) in [5, 5.41) is 3.35. The number of fused-ring (bicyclic) bond motifs is 1. The topological polar surface area (TPSA) is 50.7 Å². The number of ether oxygens (including phenoxy) is 2. The molecule has 0 atom stereocenters. The molecule has 5 rings (SSSR count). The van der Waals surface area contributed by atoms with Crippen LogP contribution in [0.5, 0.6) is 5.75 Å². The number of nitrogens with zero attached hydrogens (tertiary/aromatic N) is 4. The van der Waals surface area contributed by atoms with Crippen LogP contribution in [0.4, 0.5) is 11.5 Å². The molecule has 6 nitrogen and oxygen atoms in total. The average molecular weight is 461 g/mol. The van der Waals surface area contributed by atoms with Gasteiger partial charge < -0.3 is 19.3 Å². The Labute approximate surface area is 198 Å². The summed E-state index contributed by atoms with van der Waals surface area (Å²) in [6.07, 6.45) is 1.06. The molecule has 3 heterocycles. The zero-order valence-corrected chi connectivity index (χ0v) is 19.8. The van der Waals surface area contributed by atoms with Crippen LogP contribution in [0.2, 0.25) is 0 Å². The van der Waals surface area contributed by atoms with Crippen molar-refractivity contribution in [1.82, 2.24) is 9.97 Å². The Kier molecular flexibility index (Phi) is 6.41. The number of anilines is 2. The van der Waals surface area contributed by atoms with Crippen molar-refractivity contribution in [3.05, 3.63) is 65.8 Å². The molecule has 2 aromatic carbocycles. The van der Waals surface area contributed by atoms with Crippen molar-refractivity contribution in [1.29, 1.82) is 0 Å². The summed E-state index contributed by atoms with van der Waals surface area (Å²) >= 11 is 1.68. The molecule has 0 spiro atoms. The van der Waals surface area contributed by atoms with Gasteiger partial charge in [0.25, 0.3) is 0 Å². The Morgan fingerprint density at radius 2 is 1.64 bits per heavy atom. The van der Waals surface area contributed by atoms with Crippen LogP contribution >= 0.6 is 11.3 Å². The van der Waals surface area contributed by atoms with Crippen molar-refractivity contribution in [2.75, 3.05) is 50.2 Å².